The van der Waals surface area contributed by atoms with Crippen LogP contribution in [0.1, 0.15) is 26.5 Å². The minimum atomic E-state index is -0.312. The van der Waals surface area contributed by atoms with Gasteiger partial charge in [-0.15, -0.1) is 10.2 Å². The summed E-state index contributed by atoms with van der Waals surface area (Å²) in [6.45, 7) is 5.81. The maximum Gasteiger partial charge on any atom is 0.296 e. The Morgan fingerprint density at radius 3 is 2.19 bits per heavy atom. The third kappa shape index (κ3) is 2.15. The van der Waals surface area contributed by atoms with Crippen LogP contribution in [0.3, 0.4) is 0 Å². The third-order valence-electron chi connectivity index (χ3n) is 2.18. The van der Waals surface area contributed by atoms with Crippen molar-refractivity contribution in [3.8, 4) is 0 Å². The highest BCUT2D eigenvalue weighted by atomic mass is 16.1. The Labute approximate surface area is 95.3 Å². The van der Waals surface area contributed by atoms with Gasteiger partial charge in [-0.3, -0.25) is 4.79 Å². The van der Waals surface area contributed by atoms with Gasteiger partial charge in [0.1, 0.15) is 5.69 Å². The van der Waals surface area contributed by atoms with Gasteiger partial charge in [-0.25, -0.2) is 0 Å². The highest BCUT2D eigenvalue weighted by Crippen LogP contribution is 2.16. The van der Waals surface area contributed by atoms with Crippen LogP contribution < -0.4 is 15.9 Å². The number of hydrogen-bond acceptors (Lipinski definition) is 5. The van der Waals surface area contributed by atoms with Crippen LogP contribution in [0.15, 0.2) is 4.79 Å². The Bertz CT molecular complexity index is 430. The van der Waals surface area contributed by atoms with Gasteiger partial charge in [0, 0.05) is 26.6 Å². The number of rotatable bonds is 2. The fraction of sp³-hybridized carbons (Fsp3) is 0.700. The zero-order valence-corrected chi connectivity index (χ0v) is 10.7. The molecule has 0 fully saturated rings. The monoisotopic (exact) mass is 225 g/mol. The van der Waals surface area contributed by atoms with Crippen LogP contribution in [-0.4, -0.2) is 36.0 Å². The fourth-order valence-corrected chi connectivity index (χ4v) is 1.34. The molecule has 1 rings (SSSR count). The van der Waals surface area contributed by atoms with E-state index in [1.807, 2.05) is 34.9 Å². The van der Waals surface area contributed by atoms with E-state index < -0.39 is 0 Å². The summed E-state index contributed by atoms with van der Waals surface area (Å²) in [6, 6.07) is 0. The standard InChI is InChI=1S/C10H19N5O/c1-10(2,3)7-8(16)15(11-4)9(13-12-7)14(5)6/h11H,1-6H3. The molecule has 0 unspecified atom stereocenters. The van der Waals surface area contributed by atoms with Crippen molar-refractivity contribution >= 4 is 5.95 Å². The predicted octanol–water partition coefficient (Wildman–Crippen LogP) is 0.175. The molecule has 90 valence electrons. The first kappa shape index (κ1) is 12.5. The molecule has 0 saturated carbocycles. The first-order chi connectivity index (χ1) is 7.29. The second-order valence-corrected chi connectivity index (χ2v) is 4.86. The number of nitrogens with one attached hydrogen (secondary N) is 1. The molecule has 0 aromatic carbocycles. The van der Waals surface area contributed by atoms with Crippen LogP contribution in [0.4, 0.5) is 5.95 Å². The van der Waals surface area contributed by atoms with Crippen molar-refractivity contribution in [2.24, 2.45) is 0 Å². The Morgan fingerprint density at radius 1 is 1.25 bits per heavy atom. The molecular formula is C10H19N5O. The minimum Gasteiger partial charge on any atom is -0.346 e. The largest absolute Gasteiger partial charge is 0.346 e. The molecule has 6 nitrogen and oxygen atoms in total. The normalized spacial score (nSPS) is 11.4. The summed E-state index contributed by atoms with van der Waals surface area (Å²) in [5.74, 6) is 0.487. The Kier molecular flexibility index (Phi) is 3.21. The predicted molar refractivity (Wildman–Crippen MR) is 64.6 cm³/mol. The number of anilines is 1. The highest BCUT2D eigenvalue weighted by molar-refractivity contribution is 5.28. The zero-order valence-electron chi connectivity index (χ0n) is 10.7. The average molecular weight is 225 g/mol. The smallest absolute Gasteiger partial charge is 0.296 e. The summed E-state index contributed by atoms with van der Waals surface area (Å²) in [7, 11) is 5.31. The zero-order chi connectivity index (χ0) is 12.5. The summed E-state index contributed by atoms with van der Waals surface area (Å²) in [5, 5.41) is 8.07. The molecule has 0 aliphatic rings. The van der Waals surface area contributed by atoms with E-state index in [9.17, 15) is 4.79 Å². The Morgan fingerprint density at radius 2 is 1.81 bits per heavy atom. The van der Waals surface area contributed by atoms with Crippen LogP contribution in [0.2, 0.25) is 0 Å². The van der Waals surface area contributed by atoms with Gasteiger partial charge in [0.15, 0.2) is 0 Å². The molecule has 6 heteroatoms. The Hall–Kier alpha value is -1.59. The molecule has 0 spiro atoms. The Balaban J connectivity index is 3.47. The van der Waals surface area contributed by atoms with Crippen molar-refractivity contribution in [1.29, 1.82) is 0 Å². The molecule has 0 bridgehead atoms. The lowest BCUT2D eigenvalue weighted by molar-refractivity contribution is 0.534. The molecule has 0 saturated heterocycles. The van der Waals surface area contributed by atoms with Crippen molar-refractivity contribution in [3.63, 3.8) is 0 Å². The van der Waals surface area contributed by atoms with E-state index in [0.29, 0.717) is 11.6 Å². The topological polar surface area (TPSA) is 63.1 Å². The molecule has 1 N–H and O–H groups in total. The van der Waals surface area contributed by atoms with Gasteiger partial charge in [-0.1, -0.05) is 20.8 Å². The molecule has 0 aliphatic heterocycles. The van der Waals surface area contributed by atoms with Crippen molar-refractivity contribution in [3.05, 3.63) is 16.0 Å². The molecule has 0 aliphatic carbocycles. The van der Waals surface area contributed by atoms with E-state index >= 15 is 0 Å². The molecule has 0 atom stereocenters. The lowest BCUT2D eigenvalue weighted by Crippen LogP contribution is -2.39. The molecular weight excluding hydrogens is 206 g/mol. The van der Waals surface area contributed by atoms with E-state index in [0.717, 1.165) is 0 Å². The SMILES string of the molecule is CNn1c(N(C)C)nnc(C(C)(C)C)c1=O. The first-order valence-corrected chi connectivity index (χ1v) is 5.14. The molecule has 0 radical (unpaired) electrons. The lowest BCUT2D eigenvalue weighted by Gasteiger charge is -2.21. The summed E-state index contributed by atoms with van der Waals surface area (Å²) < 4.78 is 1.40. The number of nitrogens with zero attached hydrogens (tertiary/aromatic N) is 4. The molecule has 1 aromatic rings. The first-order valence-electron chi connectivity index (χ1n) is 5.14. The van der Waals surface area contributed by atoms with E-state index in [1.54, 1.807) is 11.9 Å². The quantitative estimate of drug-likeness (QED) is 0.777. The van der Waals surface area contributed by atoms with Crippen LogP contribution in [0.25, 0.3) is 0 Å². The average Bonchev–Trinajstić information content (AvgIpc) is 2.14. The van der Waals surface area contributed by atoms with Gasteiger partial charge in [0.05, 0.1) is 0 Å². The third-order valence-corrected chi connectivity index (χ3v) is 2.18. The van der Waals surface area contributed by atoms with Gasteiger partial charge >= 0.3 is 0 Å². The second-order valence-electron chi connectivity index (χ2n) is 4.86. The minimum absolute atomic E-state index is 0.159. The van der Waals surface area contributed by atoms with Crippen molar-refractivity contribution in [2.45, 2.75) is 26.2 Å². The fourth-order valence-electron chi connectivity index (χ4n) is 1.34. The lowest BCUT2D eigenvalue weighted by atomic mass is 9.93. The van der Waals surface area contributed by atoms with E-state index in [2.05, 4.69) is 15.6 Å². The number of aromatic nitrogens is 3. The molecule has 1 heterocycles. The molecule has 16 heavy (non-hydrogen) atoms. The van der Waals surface area contributed by atoms with Crippen LogP contribution in [-0.2, 0) is 5.41 Å². The highest BCUT2D eigenvalue weighted by Gasteiger charge is 2.23. The molecule has 0 amide bonds. The van der Waals surface area contributed by atoms with Gasteiger partial charge < -0.3 is 10.3 Å². The van der Waals surface area contributed by atoms with Crippen molar-refractivity contribution in [1.82, 2.24) is 14.9 Å². The summed E-state index contributed by atoms with van der Waals surface area (Å²) >= 11 is 0. The molecule has 1 aromatic heterocycles. The summed E-state index contributed by atoms with van der Waals surface area (Å²) in [5.41, 5.74) is 2.80. The van der Waals surface area contributed by atoms with E-state index in [1.165, 1.54) is 4.68 Å². The van der Waals surface area contributed by atoms with Crippen LogP contribution in [0, 0.1) is 0 Å². The van der Waals surface area contributed by atoms with Crippen molar-refractivity contribution in [2.75, 3.05) is 31.5 Å². The van der Waals surface area contributed by atoms with Gasteiger partial charge in [0.2, 0.25) is 5.95 Å². The van der Waals surface area contributed by atoms with Gasteiger partial charge in [-0.05, 0) is 0 Å². The van der Waals surface area contributed by atoms with Gasteiger partial charge in [-0.2, -0.15) is 4.68 Å². The van der Waals surface area contributed by atoms with Gasteiger partial charge in [0.25, 0.3) is 5.56 Å². The second kappa shape index (κ2) is 4.11. The van der Waals surface area contributed by atoms with E-state index in [4.69, 9.17) is 0 Å². The maximum absolute atomic E-state index is 12.1. The van der Waals surface area contributed by atoms with Crippen molar-refractivity contribution < 1.29 is 0 Å². The van der Waals surface area contributed by atoms with E-state index in [-0.39, 0.29) is 11.0 Å². The summed E-state index contributed by atoms with van der Waals surface area (Å²) in [6.07, 6.45) is 0. The maximum atomic E-state index is 12.1. The van der Waals surface area contributed by atoms with Crippen LogP contribution in [0.5, 0.6) is 0 Å². The number of hydrogen-bond donors (Lipinski definition) is 1. The summed E-state index contributed by atoms with van der Waals surface area (Å²) in [4.78, 5) is 13.9. The van der Waals surface area contributed by atoms with Crippen LogP contribution >= 0.6 is 0 Å².